The third-order valence-corrected chi connectivity index (χ3v) is 5.82. The molecule has 1 heterocycles. The summed E-state index contributed by atoms with van der Waals surface area (Å²) < 4.78 is 14.1. The molecule has 0 aliphatic carbocycles. The normalized spacial score (nSPS) is 19.9. The minimum atomic E-state index is -0.396. The summed E-state index contributed by atoms with van der Waals surface area (Å²) in [5.41, 5.74) is 2.03. The fraction of sp³-hybridized carbons (Fsp3) is 0.391. The van der Waals surface area contributed by atoms with Crippen molar-refractivity contribution in [3.63, 3.8) is 0 Å². The molecule has 2 aromatic rings. The first-order valence-corrected chi connectivity index (χ1v) is 10.5. The maximum absolute atomic E-state index is 14.1. The lowest BCUT2D eigenvalue weighted by molar-refractivity contribution is 0.122. The van der Waals surface area contributed by atoms with Gasteiger partial charge in [-0.25, -0.2) is 4.39 Å². The van der Waals surface area contributed by atoms with Crippen LogP contribution in [0.25, 0.3) is 0 Å². The molecule has 158 valence electrons. The van der Waals surface area contributed by atoms with Gasteiger partial charge in [0.1, 0.15) is 5.82 Å². The van der Waals surface area contributed by atoms with Crippen LogP contribution >= 0.6 is 11.6 Å². The molecule has 2 unspecified atom stereocenters. The van der Waals surface area contributed by atoms with Gasteiger partial charge in [0.05, 0.1) is 11.6 Å². The van der Waals surface area contributed by atoms with Gasteiger partial charge in [0, 0.05) is 36.8 Å². The largest absolute Gasteiger partial charge is 0.356 e. The number of hydrogen-bond donors (Lipinski definition) is 2. The highest BCUT2D eigenvalue weighted by Gasteiger charge is 2.30. The number of aliphatic imine (C=N–C) groups is 1. The summed E-state index contributed by atoms with van der Waals surface area (Å²) in [7, 11) is 3.85. The highest BCUT2D eigenvalue weighted by Crippen LogP contribution is 2.35. The Morgan fingerprint density at radius 2 is 2.13 bits per heavy atom. The molecule has 2 atom stereocenters. The summed E-state index contributed by atoms with van der Waals surface area (Å²) in [5, 5.41) is 16.2. The number of piperidine rings is 1. The summed E-state index contributed by atoms with van der Waals surface area (Å²) in [4.78, 5) is 6.65. The molecular formula is C23H27ClFN5. The number of nitriles is 1. The van der Waals surface area contributed by atoms with Gasteiger partial charge in [0.25, 0.3) is 0 Å². The molecule has 0 aromatic heterocycles. The highest BCUT2D eigenvalue weighted by atomic mass is 35.5. The fourth-order valence-corrected chi connectivity index (χ4v) is 4.28. The fourth-order valence-electron chi connectivity index (χ4n) is 4.08. The number of benzene rings is 2. The quantitative estimate of drug-likeness (QED) is 0.557. The molecule has 2 aromatic carbocycles. The Hall–Kier alpha value is -2.62. The molecule has 2 N–H and O–H groups in total. The van der Waals surface area contributed by atoms with Gasteiger partial charge in [-0.1, -0.05) is 29.8 Å². The SMILES string of the molecule is CN=C(NCc1ccc(C#N)cc1F)NCC1CCCN(C)C1c1cccc(Cl)c1. The number of halogens is 2. The smallest absolute Gasteiger partial charge is 0.191 e. The number of likely N-dealkylation sites (tertiary alicyclic amines) is 1. The Kier molecular flexibility index (Phi) is 7.67. The van der Waals surface area contributed by atoms with E-state index in [0.29, 0.717) is 29.5 Å². The predicted molar refractivity (Wildman–Crippen MR) is 119 cm³/mol. The lowest BCUT2D eigenvalue weighted by Crippen LogP contribution is -2.44. The molecule has 1 saturated heterocycles. The van der Waals surface area contributed by atoms with Crippen LogP contribution in [0.15, 0.2) is 47.5 Å². The van der Waals surface area contributed by atoms with Crippen LogP contribution in [0, 0.1) is 23.1 Å². The molecule has 0 amide bonds. The third-order valence-electron chi connectivity index (χ3n) is 5.58. The lowest BCUT2D eigenvalue weighted by Gasteiger charge is -2.40. The van der Waals surface area contributed by atoms with Gasteiger partial charge in [-0.15, -0.1) is 0 Å². The molecule has 0 radical (unpaired) electrons. The minimum absolute atomic E-state index is 0.277. The second-order valence-corrected chi connectivity index (χ2v) is 8.04. The predicted octanol–water partition coefficient (Wildman–Crippen LogP) is 4.10. The average Bonchev–Trinajstić information content (AvgIpc) is 2.74. The highest BCUT2D eigenvalue weighted by molar-refractivity contribution is 6.30. The molecule has 1 fully saturated rings. The monoisotopic (exact) mass is 427 g/mol. The van der Waals surface area contributed by atoms with Gasteiger partial charge in [-0.05, 0) is 62.2 Å². The van der Waals surface area contributed by atoms with Crippen LogP contribution in [0.3, 0.4) is 0 Å². The molecule has 1 aliphatic rings. The van der Waals surface area contributed by atoms with E-state index < -0.39 is 5.82 Å². The van der Waals surface area contributed by atoms with Crippen molar-refractivity contribution < 1.29 is 4.39 Å². The number of nitrogens with zero attached hydrogens (tertiary/aromatic N) is 3. The van der Waals surface area contributed by atoms with Crippen LogP contribution in [-0.2, 0) is 6.54 Å². The Morgan fingerprint density at radius 1 is 1.30 bits per heavy atom. The molecule has 0 saturated carbocycles. The molecule has 30 heavy (non-hydrogen) atoms. The summed E-state index contributed by atoms with van der Waals surface area (Å²) in [6, 6.07) is 14.8. The third kappa shape index (κ3) is 5.50. The molecule has 1 aliphatic heterocycles. The van der Waals surface area contributed by atoms with Crippen molar-refractivity contribution in [2.75, 3.05) is 27.2 Å². The van der Waals surface area contributed by atoms with Crippen LogP contribution in [0.2, 0.25) is 5.02 Å². The van der Waals surface area contributed by atoms with Gasteiger partial charge >= 0.3 is 0 Å². The van der Waals surface area contributed by atoms with Gasteiger partial charge in [-0.2, -0.15) is 5.26 Å². The van der Waals surface area contributed by atoms with E-state index in [1.54, 1.807) is 19.2 Å². The Labute approximate surface area is 182 Å². The summed E-state index contributed by atoms with van der Waals surface area (Å²) >= 11 is 6.23. The number of rotatable bonds is 5. The second kappa shape index (κ2) is 10.4. The standard InChI is InChI=1S/C23H27ClFN5/c1-27-23(28-14-18-9-8-16(13-26)11-21(18)25)29-15-19-6-4-10-30(2)22(19)17-5-3-7-20(24)12-17/h3,5,7-9,11-12,19,22H,4,6,10,14-15H2,1-2H3,(H2,27,28,29). The topological polar surface area (TPSA) is 63.5 Å². The van der Waals surface area contributed by atoms with E-state index >= 15 is 0 Å². The zero-order valence-electron chi connectivity index (χ0n) is 17.3. The molecule has 0 spiro atoms. The van der Waals surface area contributed by atoms with Crippen LogP contribution in [0.5, 0.6) is 0 Å². The van der Waals surface area contributed by atoms with Gasteiger partial charge in [0.15, 0.2) is 5.96 Å². The van der Waals surface area contributed by atoms with Crippen molar-refractivity contribution in [1.82, 2.24) is 15.5 Å². The molecule has 3 rings (SSSR count). The molecular weight excluding hydrogens is 401 g/mol. The van der Waals surface area contributed by atoms with Gasteiger partial charge in [-0.3, -0.25) is 9.89 Å². The Morgan fingerprint density at radius 3 is 2.83 bits per heavy atom. The van der Waals surface area contributed by atoms with E-state index in [-0.39, 0.29) is 6.04 Å². The molecule has 7 heteroatoms. The van der Waals surface area contributed by atoms with Crippen molar-refractivity contribution in [1.29, 1.82) is 5.26 Å². The van der Waals surface area contributed by atoms with E-state index in [0.717, 1.165) is 31.0 Å². The van der Waals surface area contributed by atoms with Crippen molar-refractivity contribution in [2.45, 2.75) is 25.4 Å². The summed E-state index contributed by atoms with van der Waals surface area (Å²) in [6.07, 6.45) is 2.25. The first kappa shape index (κ1) is 22.1. The van der Waals surface area contributed by atoms with Crippen LogP contribution < -0.4 is 10.6 Å². The van der Waals surface area contributed by atoms with Gasteiger partial charge < -0.3 is 10.6 Å². The van der Waals surface area contributed by atoms with E-state index in [4.69, 9.17) is 16.9 Å². The summed E-state index contributed by atoms with van der Waals surface area (Å²) in [5.74, 6) is 0.621. The van der Waals surface area contributed by atoms with Crippen LogP contribution in [-0.4, -0.2) is 38.0 Å². The van der Waals surface area contributed by atoms with E-state index in [1.165, 1.54) is 11.6 Å². The lowest BCUT2D eigenvalue weighted by atomic mass is 9.85. The maximum atomic E-state index is 14.1. The van der Waals surface area contributed by atoms with E-state index in [2.05, 4.69) is 33.6 Å². The van der Waals surface area contributed by atoms with Crippen molar-refractivity contribution in [3.8, 4) is 6.07 Å². The Bertz CT molecular complexity index is 939. The number of hydrogen-bond acceptors (Lipinski definition) is 3. The molecule has 0 bridgehead atoms. The van der Waals surface area contributed by atoms with E-state index in [9.17, 15) is 4.39 Å². The first-order chi connectivity index (χ1) is 14.5. The average molecular weight is 428 g/mol. The van der Waals surface area contributed by atoms with Crippen molar-refractivity contribution >= 4 is 17.6 Å². The second-order valence-electron chi connectivity index (χ2n) is 7.61. The van der Waals surface area contributed by atoms with Gasteiger partial charge in [0.2, 0.25) is 0 Å². The van der Waals surface area contributed by atoms with Crippen molar-refractivity contribution in [3.05, 3.63) is 70.0 Å². The maximum Gasteiger partial charge on any atom is 0.191 e. The molecule has 5 nitrogen and oxygen atoms in total. The van der Waals surface area contributed by atoms with Crippen LogP contribution in [0.1, 0.15) is 35.6 Å². The Balaban J connectivity index is 1.62. The summed E-state index contributed by atoms with van der Waals surface area (Å²) in [6.45, 7) is 2.09. The van der Waals surface area contributed by atoms with Crippen molar-refractivity contribution in [2.24, 2.45) is 10.9 Å². The minimum Gasteiger partial charge on any atom is -0.356 e. The zero-order chi connectivity index (χ0) is 21.5. The first-order valence-electron chi connectivity index (χ1n) is 10.1. The number of guanidine groups is 1. The van der Waals surface area contributed by atoms with E-state index in [1.807, 2.05) is 24.3 Å². The number of nitrogens with one attached hydrogen (secondary N) is 2. The van der Waals surface area contributed by atoms with Crippen LogP contribution in [0.4, 0.5) is 4.39 Å². The zero-order valence-corrected chi connectivity index (χ0v) is 18.1.